The molecule has 3 aromatic rings. The number of phenolic OH excluding ortho intramolecular Hbond substituents is 3. The Morgan fingerprint density at radius 1 is 1.00 bits per heavy atom. The molecular formula is C22H18ClF2NO5. The van der Waals surface area contributed by atoms with E-state index in [0.29, 0.717) is 6.42 Å². The molecule has 0 bridgehead atoms. The zero-order valence-electron chi connectivity index (χ0n) is 16.0. The van der Waals surface area contributed by atoms with Crippen molar-refractivity contribution in [2.24, 2.45) is 0 Å². The van der Waals surface area contributed by atoms with Crippen LogP contribution in [0.25, 0.3) is 0 Å². The Hall–Kier alpha value is -3.52. The van der Waals surface area contributed by atoms with E-state index in [9.17, 15) is 28.9 Å². The van der Waals surface area contributed by atoms with Crippen molar-refractivity contribution in [3.63, 3.8) is 0 Å². The minimum atomic E-state index is -2.90. The first-order valence-corrected chi connectivity index (χ1v) is 9.48. The SMILES string of the molecule is O=C(Nc1cc(C(F)F)cc(O)c1OCCc1ccc(O)cc1)c1cc(Cl)ccc1O. The van der Waals surface area contributed by atoms with Crippen molar-refractivity contribution in [2.45, 2.75) is 12.8 Å². The number of amides is 1. The van der Waals surface area contributed by atoms with Gasteiger partial charge in [0.2, 0.25) is 0 Å². The molecule has 0 heterocycles. The van der Waals surface area contributed by atoms with Crippen LogP contribution < -0.4 is 10.1 Å². The van der Waals surface area contributed by atoms with Gasteiger partial charge in [-0.1, -0.05) is 23.7 Å². The van der Waals surface area contributed by atoms with Crippen LogP contribution >= 0.6 is 11.6 Å². The zero-order chi connectivity index (χ0) is 22.5. The van der Waals surface area contributed by atoms with Crippen molar-refractivity contribution >= 4 is 23.2 Å². The number of alkyl halides is 2. The fraction of sp³-hybridized carbons (Fsp3) is 0.136. The summed E-state index contributed by atoms with van der Waals surface area (Å²) in [5.74, 6) is -1.84. The average Bonchev–Trinajstić information content (AvgIpc) is 2.72. The van der Waals surface area contributed by atoms with E-state index < -0.39 is 23.6 Å². The van der Waals surface area contributed by atoms with Crippen molar-refractivity contribution < 1.29 is 33.6 Å². The normalized spacial score (nSPS) is 10.8. The third kappa shape index (κ3) is 5.55. The highest BCUT2D eigenvalue weighted by Gasteiger charge is 2.20. The molecule has 0 aliphatic rings. The van der Waals surface area contributed by atoms with E-state index in [1.807, 2.05) is 0 Å². The van der Waals surface area contributed by atoms with Gasteiger partial charge in [-0.15, -0.1) is 0 Å². The Kier molecular flexibility index (Phi) is 6.81. The summed E-state index contributed by atoms with van der Waals surface area (Å²) in [6.07, 6.45) is -2.51. The van der Waals surface area contributed by atoms with Crippen molar-refractivity contribution in [1.82, 2.24) is 0 Å². The first-order valence-electron chi connectivity index (χ1n) is 9.10. The summed E-state index contributed by atoms with van der Waals surface area (Å²) in [6.45, 7) is 0.0532. The van der Waals surface area contributed by atoms with Crippen molar-refractivity contribution in [2.75, 3.05) is 11.9 Å². The highest BCUT2D eigenvalue weighted by Crippen LogP contribution is 2.39. The summed E-state index contributed by atoms with van der Waals surface area (Å²) >= 11 is 5.85. The number of rotatable bonds is 7. The molecule has 3 aromatic carbocycles. The van der Waals surface area contributed by atoms with Crippen LogP contribution in [0.5, 0.6) is 23.0 Å². The third-order valence-electron chi connectivity index (χ3n) is 4.37. The van der Waals surface area contributed by atoms with Crippen LogP contribution in [0.4, 0.5) is 14.5 Å². The molecule has 0 fully saturated rings. The molecule has 3 rings (SSSR count). The van der Waals surface area contributed by atoms with Crippen LogP contribution in [0.1, 0.15) is 27.9 Å². The lowest BCUT2D eigenvalue weighted by molar-refractivity contribution is 0.102. The number of hydrogen-bond acceptors (Lipinski definition) is 5. The van der Waals surface area contributed by atoms with E-state index in [4.69, 9.17) is 16.3 Å². The van der Waals surface area contributed by atoms with E-state index in [-0.39, 0.29) is 40.1 Å². The van der Waals surface area contributed by atoms with E-state index in [1.54, 1.807) is 12.1 Å². The van der Waals surface area contributed by atoms with Gasteiger partial charge in [-0.3, -0.25) is 4.79 Å². The Morgan fingerprint density at radius 2 is 1.71 bits per heavy atom. The van der Waals surface area contributed by atoms with Crippen molar-refractivity contribution in [3.05, 3.63) is 76.3 Å². The molecule has 162 valence electrons. The van der Waals surface area contributed by atoms with Gasteiger partial charge >= 0.3 is 0 Å². The topological polar surface area (TPSA) is 99.0 Å². The van der Waals surface area contributed by atoms with Crippen LogP contribution in [-0.4, -0.2) is 27.8 Å². The highest BCUT2D eigenvalue weighted by atomic mass is 35.5. The van der Waals surface area contributed by atoms with Crippen molar-refractivity contribution in [1.29, 1.82) is 0 Å². The quantitative estimate of drug-likeness (QED) is 0.394. The number of benzene rings is 3. The summed E-state index contributed by atoms with van der Waals surface area (Å²) < 4.78 is 32.0. The molecule has 0 atom stereocenters. The molecule has 0 unspecified atom stereocenters. The van der Waals surface area contributed by atoms with Crippen molar-refractivity contribution in [3.8, 4) is 23.0 Å². The predicted octanol–water partition coefficient (Wildman–Crippen LogP) is 5.27. The van der Waals surface area contributed by atoms with Gasteiger partial charge in [-0.2, -0.15) is 0 Å². The largest absolute Gasteiger partial charge is 0.508 e. The Labute approximate surface area is 181 Å². The lowest BCUT2D eigenvalue weighted by atomic mass is 10.1. The molecule has 0 aromatic heterocycles. The molecule has 6 nitrogen and oxygen atoms in total. The lowest BCUT2D eigenvalue weighted by Gasteiger charge is -2.16. The lowest BCUT2D eigenvalue weighted by Crippen LogP contribution is -2.14. The molecule has 0 radical (unpaired) electrons. The molecule has 0 saturated heterocycles. The van der Waals surface area contributed by atoms with Gasteiger partial charge in [0.25, 0.3) is 12.3 Å². The maximum Gasteiger partial charge on any atom is 0.264 e. The summed E-state index contributed by atoms with van der Waals surface area (Å²) in [7, 11) is 0. The number of halogens is 3. The highest BCUT2D eigenvalue weighted by molar-refractivity contribution is 6.31. The Morgan fingerprint density at radius 3 is 2.39 bits per heavy atom. The molecule has 31 heavy (non-hydrogen) atoms. The minimum Gasteiger partial charge on any atom is -0.508 e. The summed E-state index contributed by atoms with van der Waals surface area (Å²) in [5.41, 5.74) is -0.0557. The average molecular weight is 450 g/mol. The smallest absolute Gasteiger partial charge is 0.264 e. The van der Waals surface area contributed by atoms with Gasteiger partial charge in [-0.05, 0) is 48.0 Å². The molecule has 1 amide bonds. The Bertz CT molecular complexity index is 1090. The van der Waals surface area contributed by atoms with E-state index >= 15 is 0 Å². The summed E-state index contributed by atoms with van der Waals surface area (Å²) in [6, 6.07) is 12.0. The number of phenols is 3. The Balaban J connectivity index is 1.85. The summed E-state index contributed by atoms with van der Waals surface area (Å²) in [4.78, 5) is 12.6. The van der Waals surface area contributed by atoms with Gasteiger partial charge < -0.3 is 25.4 Å². The molecule has 0 aliphatic carbocycles. The van der Waals surface area contributed by atoms with Crippen LogP contribution in [0.3, 0.4) is 0 Å². The maximum atomic E-state index is 13.2. The van der Waals surface area contributed by atoms with Crippen LogP contribution in [-0.2, 0) is 6.42 Å². The monoisotopic (exact) mass is 449 g/mol. The summed E-state index contributed by atoms with van der Waals surface area (Å²) in [5, 5.41) is 32.0. The standard InChI is InChI=1S/C22H18ClF2NO5/c23-14-3-6-18(28)16(11-14)22(30)26-17-9-13(21(24)25)10-19(29)20(17)31-8-7-12-1-4-15(27)5-2-12/h1-6,9-11,21,27-29H,7-8H2,(H,26,30). The fourth-order valence-corrected chi connectivity index (χ4v) is 2.99. The first-order chi connectivity index (χ1) is 14.7. The molecule has 4 N–H and O–H groups in total. The second kappa shape index (κ2) is 9.53. The third-order valence-corrected chi connectivity index (χ3v) is 4.60. The van der Waals surface area contributed by atoms with Gasteiger partial charge in [-0.25, -0.2) is 8.78 Å². The number of anilines is 1. The number of aromatic hydroxyl groups is 3. The van der Waals surface area contributed by atoms with Crippen LogP contribution in [0, 0.1) is 0 Å². The molecule has 0 saturated carbocycles. The molecule has 9 heteroatoms. The maximum absolute atomic E-state index is 13.2. The second-order valence-electron chi connectivity index (χ2n) is 6.60. The zero-order valence-corrected chi connectivity index (χ0v) is 16.7. The second-order valence-corrected chi connectivity index (χ2v) is 7.03. The van der Waals surface area contributed by atoms with E-state index in [0.717, 1.165) is 17.7 Å². The molecule has 0 spiro atoms. The minimum absolute atomic E-state index is 0.0532. The number of nitrogens with one attached hydrogen (secondary N) is 1. The van der Waals surface area contributed by atoms with E-state index in [2.05, 4.69) is 5.32 Å². The van der Waals surface area contributed by atoms with Gasteiger partial charge in [0.15, 0.2) is 11.5 Å². The number of carbonyl (C=O) groups excluding carboxylic acids is 1. The molecular weight excluding hydrogens is 432 g/mol. The van der Waals surface area contributed by atoms with Gasteiger partial charge in [0.1, 0.15) is 11.5 Å². The van der Waals surface area contributed by atoms with Gasteiger partial charge in [0.05, 0.1) is 17.9 Å². The number of ether oxygens (including phenoxy) is 1. The van der Waals surface area contributed by atoms with Crippen LogP contribution in [0.2, 0.25) is 5.02 Å². The predicted molar refractivity (Wildman–Crippen MR) is 111 cm³/mol. The molecule has 0 aliphatic heterocycles. The van der Waals surface area contributed by atoms with Crippen LogP contribution in [0.15, 0.2) is 54.6 Å². The fourth-order valence-electron chi connectivity index (χ4n) is 2.82. The number of carbonyl (C=O) groups is 1. The number of hydrogen-bond donors (Lipinski definition) is 4. The first kappa shape index (κ1) is 22.2. The van der Waals surface area contributed by atoms with E-state index in [1.165, 1.54) is 30.3 Å². The van der Waals surface area contributed by atoms with Gasteiger partial charge in [0, 0.05) is 17.0 Å².